The second-order valence-corrected chi connectivity index (χ2v) is 7.05. The van der Waals surface area contributed by atoms with Gasteiger partial charge in [0.25, 0.3) is 0 Å². The van der Waals surface area contributed by atoms with Crippen LogP contribution in [0.4, 0.5) is 0 Å². The molecule has 0 spiro atoms. The number of para-hydroxylation sites is 2. The highest BCUT2D eigenvalue weighted by atomic mass is 16.5. The van der Waals surface area contributed by atoms with E-state index in [-0.39, 0.29) is 16.9 Å². The molecule has 3 aromatic rings. The SMILES string of the molecule is COc1ccccc1Oc1c(C)oc2c(C[NH+]3CCOCC3)c(O)ccc2c1=O. The number of methoxy groups -OCH3 is 1. The highest BCUT2D eigenvalue weighted by Crippen LogP contribution is 2.33. The molecule has 0 aliphatic carbocycles. The van der Waals surface area contributed by atoms with Gasteiger partial charge in [0, 0.05) is 0 Å². The lowest BCUT2D eigenvalue weighted by Crippen LogP contribution is -3.12. The highest BCUT2D eigenvalue weighted by Gasteiger charge is 2.23. The van der Waals surface area contributed by atoms with E-state index < -0.39 is 0 Å². The molecular weight excluding hydrogens is 374 g/mol. The second-order valence-electron chi connectivity index (χ2n) is 7.05. The molecule has 0 atom stereocenters. The topological polar surface area (TPSA) is 82.6 Å². The van der Waals surface area contributed by atoms with Gasteiger partial charge < -0.3 is 28.6 Å². The van der Waals surface area contributed by atoms with Crippen LogP contribution in [0.5, 0.6) is 23.0 Å². The average molecular weight is 398 g/mol. The maximum absolute atomic E-state index is 13.2. The normalized spacial score (nSPS) is 14.8. The molecule has 1 aliphatic rings. The maximum Gasteiger partial charge on any atom is 0.235 e. The van der Waals surface area contributed by atoms with E-state index in [2.05, 4.69) is 0 Å². The first-order chi connectivity index (χ1) is 14.1. The molecule has 2 heterocycles. The van der Waals surface area contributed by atoms with Gasteiger partial charge in [-0.05, 0) is 31.2 Å². The van der Waals surface area contributed by atoms with Crippen LogP contribution in [0.25, 0.3) is 11.0 Å². The number of rotatable bonds is 5. The Labute approximate surface area is 168 Å². The van der Waals surface area contributed by atoms with Crippen LogP contribution in [0.1, 0.15) is 11.3 Å². The molecule has 0 bridgehead atoms. The molecule has 152 valence electrons. The summed E-state index contributed by atoms with van der Waals surface area (Å²) in [5, 5.41) is 10.8. The van der Waals surface area contributed by atoms with Crippen LogP contribution in [0.2, 0.25) is 0 Å². The van der Waals surface area contributed by atoms with Gasteiger partial charge in [0.1, 0.15) is 31.1 Å². The predicted octanol–water partition coefficient (Wildman–Crippen LogP) is 2.02. The van der Waals surface area contributed by atoms with Crippen molar-refractivity contribution in [3.05, 3.63) is 57.9 Å². The monoisotopic (exact) mass is 398 g/mol. The number of quaternary nitrogens is 1. The molecular formula is C22H24NO6+. The standard InChI is InChI=1S/C22H23NO6/c1-14-21(29-19-6-4-3-5-18(19)26-2)20(25)15-7-8-17(24)16(22(15)28-14)13-23-9-11-27-12-10-23/h3-8,24H,9-13H2,1-2H3/p+1. The summed E-state index contributed by atoms with van der Waals surface area (Å²) < 4.78 is 22.6. The largest absolute Gasteiger partial charge is 0.507 e. The average Bonchev–Trinajstić information content (AvgIpc) is 2.74. The third-order valence-corrected chi connectivity index (χ3v) is 5.17. The molecule has 4 rings (SSSR count). The van der Waals surface area contributed by atoms with Crippen molar-refractivity contribution >= 4 is 11.0 Å². The summed E-state index contributed by atoms with van der Waals surface area (Å²) in [5.41, 5.74) is 0.746. The van der Waals surface area contributed by atoms with Crippen LogP contribution in [0, 0.1) is 6.92 Å². The van der Waals surface area contributed by atoms with Crippen LogP contribution in [0.15, 0.2) is 45.6 Å². The van der Waals surface area contributed by atoms with Gasteiger partial charge in [0.2, 0.25) is 11.2 Å². The Kier molecular flexibility index (Phi) is 5.42. The van der Waals surface area contributed by atoms with Crippen molar-refractivity contribution in [2.45, 2.75) is 13.5 Å². The molecule has 0 amide bonds. The van der Waals surface area contributed by atoms with Crippen LogP contribution in [-0.2, 0) is 11.3 Å². The van der Waals surface area contributed by atoms with Crippen molar-refractivity contribution in [2.75, 3.05) is 33.4 Å². The predicted molar refractivity (Wildman–Crippen MR) is 107 cm³/mol. The van der Waals surface area contributed by atoms with Crippen molar-refractivity contribution < 1.29 is 28.6 Å². The Morgan fingerprint density at radius 2 is 1.83 bits per heavy atom. The summed E-state index contributed by atoms with van der Waals surface area (Å²) >= 11 is 0. The molecule has 1 aromatic heterocycles. The zero-order valence-corrected chi connectivity index (χ0v) is 16.5. The summed E-state index contributed by atoms with van der Waals surface area (Å²) in [6, 6.07) is 10.2. The molecule has 7 nitrogen and oxygen atoms in total. The van der Waals surface area contributed by atoms with Gasteiger partial charge >= 0.3 is 0 Å². The van der Waals surface area contributed by atoms with E-state index in [9.17, 15) is 9.90 Å². The summed E-state index contributed by atoms with van der Waals surface area (Å²) in [6.07, 6.45) is 0. The fraction of sp³-hybridized carbons (Fsp3) is 0.318. The van der Waals surface area contributed by atoms with Crippen molar-refractivity contribution in [3.63, 3.8) is 0 Å². The fourth-order valence-electron chi connectivity index (χ4n) is 3.58. The molecule has 0 unspecified atom stereocenters. The minimum Gasteiger partial charge on any atom is -0.507 e. The maximum atomic E-state index is 13.2. The van der Waals surface area contributed by atoms with Crippen LogP contribution >= 0.6 is 0 Å². The fourth-order valence-corrected chi connectivity index (χ4v) is 3.58. The van der Waals surface area contributed by atoms with E-state index in [1.54, 1.807) is 38.3 Å². The Hall–Kier alpha value is -3.03. The van der Waals surface area contributed by atoms with Crippen LogP contribution in [-0.4, -0.2) is 38.5 Å². The molecule has 29 heavy (non-hydrogen) atoms. The third-order valence-electron chi connectivity index (χ3n) is 5.17. The molecule has 1 fully saturated rings. The number of hydrogen-bond acceptors (Lipinski definition) is 6. The number of phenols is 1. The minimum atomic E-state index is -0.284. The summed E-state index contributed by atoms with van der Waals surface area (Å²) in [6.45, 7) is 5.28. The van der Waals surface area contributed by atoms with Crippen LogP contribution < -0.4 is 19.8 Å². The first-order valence-electron chi connectivity index (χ1n) is 9.59. The Balaban J connectivity index is 1.77. The number of aryl methyl sites for hydroxylation is 1. The molecule has 2 N–H and O–H groups in total. The van der Waals surface area contributed by atoms with Crippen molar-refractivity contribution in [3.8, 4) is 23.0 Å². The van der Waals surface area contributed by atoms with Crippen molar-refractivity contribution in [2.24, 2.45) is 0 Å². The van der Waals surface area contributed by atoms with Gasteiger partial charge in [0.05, 0.1) is 31.3 Å². The number of morpholine rings is 1. The van der Waals surface area contributed by atoms with E-state index in [0.717, 1.165) is 13.1 Å². The number of nitrogens with one attached hydrogen (secondary N) is 1. The van der Waals surface area contributed by atoms with Gasteiger partial charge in [-0.2, -0.15) is 0 Å². The lowest BCUT2D eigenvalue weighted by Gasteiger charge is -2.24. The lowest BCUT2D eigenvalue weighted by molar-refractivity contribution is -0.921. The lowest BCUT2D eigenvalue weighted by atomic mass is 10.1. The second kappa shape index (κ2) is 8.14. The van der Waals surface area contributed by atoms with Gasteiger partial charge in [-0.1, -0.05) is 12.1 Å². The molecule has 1 aliphatic heterocycles. The summed E-state index contributed by atoms with van der Waals surface area (Å²) in [4.78, 5) is 14.4. The Bertz CT molecular complexity index is 1080. The number of hydrogen-bond donors (Lipinski definition) is 2. The van der Waals surface area contributed by atoms with E-state index >= 15 is 0 Å². The summed E-state index contributed by atoms with van der Waals surface area (Å²) in [7, 11) is 1.54. The van der Waals surface area contributed by atoms with E-state index in [4.69, 9.17) is 18.6 Å². The van der Waals surface area contributed by atoms with Gasteiger partial charge in [-0.15, -0.1) is 0 Å². The number of phenolic OH excluding ortho intramolecular Hbond substituents is 1. The summed E-state index contributed by atoms with van der Waals surface area (Å²) in [5.74, 6) is 1.53. The molecule has 0 radical (unpaired) electrons. The Morgan fingerprint density at radius 3 is 2.55 bits per heavy atom. The van der Waals surface area contributed by atoms with Gasteiger partial charge in [-0.25, -0.2) is 0 Å². The number of ether oxygens (including phenoxy) is 3. The van der Waals surface area contributed by atoms with Crippen molar-refractivity contribution in [1.29, 1.82) is 0 Å². The van der Waals surface area contributed by atoms with E-state index in [1.165, 1.54) is 11.0 Å². The zero-order valence-electron chi connectivity index (χ0n) is 16.5. The zero-order chi connectivity index (χ0) is 20.4. The van der Waals surface area contributed by atoms with Gasteiger partial charge in [0.15, 0.2) is 17.1 Å². The van der Waals surface area contributed by atoms with E-state index in [1.807, 2.05) is 6.07 Å². The minimum absolute atomic E-state index is 0.109. The highest BCUT2D eigenvalue weighted by molar-refractivity contribution is 5.83. The van der Waals surface area contributed by atoms with Crippen molar-refractivity contribution in [1.82, 2.24) is 0 Å². The van der Waals surface area contributed by atoms with E-state index in [0.29, 0.717) is 53.6 Å². The molecule has 7 heteroatoms. The Morgan fingerprint density at radius 1 is 1.10 bits per heavy atom. The first-order valence-corrected chi connectivity index (χ1v) is 9.59. The molecule has 2 aromatic carbocycles. The molecule has 1 saturated heterocycles. The third kappa shape index (κ3) is 3.79. The van der Waals surface area contributed by atoms with Crippen LogP contribution in [0.3, 0.4) is 0 Å². The van der Waals surface area contributed by atoms with Gasteiger partial charge in [-0.3, -0.25) is 4.79 Å². The smallest absolute Gasteiger partial charge is 0.235 e. The number of fused-ring (bicyclic) bond motifs is 1. The first kappa shape index (κ1) is 19.3. The quantitative estimate of drug-likeness (QED) is 0.684. The molecule has 0 saturated carbocycles. The number of benzene rings is 2. The number of aromatic hydroxyl groups is 1.